The van der Waals surface area contributed by atoms with Crippen molar-refractivity contribution in [1.29, 1.82) is 0 Å². The molecule has 0 aromatic heterocycles. The topological polar surface area (TPSA) is 15.3 Å². The number of nitrogens with one attached hydrogen (secondary N) is 1. The molecule has 4 rings (SSSR count). The molecule has 2 aliphatic heterocycles. The van der Waals surface area contributed by atoms with Gasteiger partial charge in [-0.1, -0.05) is 18.2 Å². The van der Waals surface area contributed by atoms with Gasteiger partial charge in [-0.15, -0.1) is 0 Å². The van der Waals surface area contributed by atoms with Crippen molar-refractivity contribution in [2.24, 2.45) is 0 Å². The number of fused-ring (bicyclic) bond motifs is 3. The third-order valence-corrected chi connectivity index (χ3v) is 4.48. The van der Waals surface area contributed by atoms with Gasteiger partial charge in [-0.3, -0.25) is 0 Å². The normalized spacial score (nSPS) is 24.4. The second-order valence-corrected chi connectivity index (χ2v) is 5.57. The van der Waals surface area contributed by atoms with E-state index >= 15 is 0 Å². The molecule has 0 radical (unpaired) electrons. The van der Waals surface area contributed by atoms with Crippen LogP contribution in [-0.4, -0.2) is 19.1 Å². The van der Waals surface area contributed by atoms with Crippen LogP contribution in [0.1, 0.15) is 17.9 Å². The molecule has 1 saturated heterocycles. The molecule has 0 aliphatic carbocycles. The molecule has 2 aromatic carbocycles. The van der Waals surface area contributed by atoms with Gasteiger partial charge in [-0.05, 0) is 48.9 Å². The summed E-state index contributed by atoms with van der Waals surface area (Å²) in [6, 6.07) is 15.9. The van der Waals surface area contributed by atoms with Crippen LogP contribution in [0.25, 0.3) is 0 Å². The lowest BCUT2D eigenvalue weighted by molar-refractivity contribution is 0.419. The molecule has 2 atom stereocenters. The van der Waals surface area contributed by atoms with Crippen molar-refractivity contribution in [2.75, 3.05) is 18.0 Å². The largest absolute Gasteiger partial charge is 0.337 e. The fraction of sp³-hybridized carbons (Fsp3) is 0.294. The summed E-state index contributed by atoms with van der Waals surface area (Å²) >= 11 is 0. The Labute approximate surface area is 118 Å². The van der Waals surface area contributed by atoms with Crippen molar-refractivity contribution in [1.82, 2.24) is 5.32 Å². The molecule has 2 aromatic rings. The second-order valence-electron chi connectivity index (χ2n) is 5.57. The summed E-state index contributed by atoms with van der Waals surface area (Å²) in [5.41, 5.74) is 3.78. The average molecular weight is 268 g/mol. The first-order valence-corrected chi connectivity index (χ1v) is 7.19. The van der Waals surface area contributed by atoms with E-state index in [0.29, 0.717) is 12.0 Å². The number of piperidine rings is 1. The van der Waals surface area contributed by atoms with Crippen LogP contribution in [-0.2, 0) is 0 Å². The Kier molecular flexibility index (Phi) is 2.74. The Hall–Kier alpha value is -1.87. The van der Waals surface area contributed by atoms with Gasteiger partial charge < -0.3 is 10.2 Å². The van der Waals surface area contributed by atoms with Crippen molar-refractivity contribution in [3.63, 3.8) is 0 Å². The molecule has 2 aliphatic rings. The van der Waals surface area contributed by atoms with E-state index in [9.17, 15) is 4.39 Å². The zero-order valence-electron chi connectivity index (χ0n) is 11.2. The van der Waals surface area contributed by atoms with Gasteiger partial charge in [0.1, 0.15) is 5.82 Å². The summed E-state index contributed by atoms with van der Waals surface area (Å²) in [4.78, 5) is 2.39. The number of rotatable bonds is 1. The Balaban J connectivity index is 1.83. The Morgan fingerprint density at radius 3 is 2.70 bits per heavy atom. The summed E-state index contributed by atoms with van der Waals surface area (Å²) < 4.78 is 13.2. The summed E-state index contributed by atoms with van der Waals surface area (Å²) in [6.07, 6.45) is 1.12. The maximum Gasteiger partial charge on any atom is 0.123 e. The van der Waals surface area contributed by atoms with Gasteiger partial charge in [-0.25, -0.2) is 4.39 Å². The van der Waals surface area contributed by atoms with Crippen molar-refractivity contribution in [3.8, 4) is 0 Å². The van der Waals surface area contributed by atoms with Gasteiger partial charge in [0, 0.05) is 29.9 Å². The fourth-order valence-electron chi connectivity index (χ4n) is 3.60. The lowest BCUT2D eigenvalue weighted by Crippen LogP contribution is -2.42. The lowest BCUT2D eigenvalue weighted by atomic mass is 9.90. The highest BCUT2D eigenvalue weighted by molar-refractivity contribution is 5.72. The summed E-state index contributed by atoms with van der Waals surface area (Å²) in [7, 11) is 0. The molecule has 102 valence electrons. The fourth-order valence-corrected chi connectivity index (χ4v) is 3.60. The van der Waals surface area contributed by atoms with Crippen LogP contribution in [0.3, 0.4) is 0 Å². The summed E-state index contributed by atoms with van der Waals surface area (Å²) in [5.74, 6) is 0.355. The molecule has 20 heavy (non-hydrogen) atoms. The van der Waals surface area contributed by atoms with Crippen LogP contribution in [0.4, 0.5) is 15.8 Å². The van der Waals surface area contributed by atoms with E-state index in [1.165, 1.54) is 11.3 Å². The molecule has 2 nitrogen and oxygen atoms in total. The zero-order chi connectivity index (χ0) is 13.5. The van der Waals surface area contributed by atoms with Gasteiger partial charge in [0.05, 0.1) is 0 Å². The van der Waals surface area contributed by atoms with Crippen LogP contribution < -0.4 is 10.2 Å². The van der Waals surface area contributed by atoms with E-state index in [4.69, 9.17) is 0 Å². The van der Waals surface area contributed by atoms with Crippen molar-refractivity contribution in [2.45, 2.75) is 18.4 Å². The molecule has 0 bridgehead atoms. The number of nitrogens with zero attached hydrogens (tertiary/aromatic N) is 1. The van der Waals surface area contributed by atoms with Gasteiger partial charge in [0.15, 0.2) is 0 Å². The second kappa shape index (κ2) is 4.60. The van der Waals surface area contributed by atoms with Crippen LogP contribution in [0.5, 0.6) is 0 Å². The molecular weight excluding hydrogens is 251 g/mol. The highest BCUT2D eigenvalue weighted by atomic mass is 19.1. The van der Waals surface area contributed by atoms with Crippen molar-refractivity contribution < 1.29 is 4.39 Å². The first-order chi connectivity index (χ1) is 9.84. The lowest BCUT2D eigenvalue weighted by Gasteiger charge is -2.34. The monoisotopic (exact) mass is 268 g/mol. The maximum absolute atomic E-state index is 13.2. The average Bonchev–Trinajstić information content (AvgIpc) is 2.83. The van der Waals surface area contributed by atoms with Crippen LogP contribution in [0.2, 0.25) is 0 Å². The number of anilines is 2. The Bertz CT molecular complexity index is 623. The first kappa shape index (κ1) is 11.9. The maximum atomic E-state index is 13.2. The predicted octanol–water partition coefficient (Wildman–Crippen LogP) is 3.42. The van der Waals surface area contributed by atoms with E-state index in [1.807, 2.05) is 12.1 Å². The molecule has 0 unspecified atom stereocenters. The third-order valence-electron chi connectivity index (χ3n) is 4.48. The third kappa shape index (κ3) is 1.74. The van der Waals surface area contributed by atoms with Crippen molar-refractivity contribution >= 4 is 11.4 Å². The standard InChI is InChI=1S/C17H17FN2/c18-12-5-7-13(8-6-12)20-16-4-2-1-3-14(16)15-11-19-10-9-17(15)20/h1-8,15,17,19H,9-11H2/t15-,17+/m0/s1. The minimum absolute atomic E-state index is 0.178. The van der Waals surface area contributed by atoms with Crippen molar-refractivity contribution in [3.05, 3.63) is 59.9 Å². The highest BCUT2D eigenvalue weighted by Gasteiger charge is 2.40. The first-order valence-electron chi connectivity index (χ1n) is 7.19. The smallest absolute Gasteiger partial charge is 0.123 e. The highest BCUT2D eigenvalue weighted by Crippen LogP contribution is 2.46. The van der Waals surface area contributed by atoms with E-state index in [-0.39, 0.29) is 5.82 Å². The number of para-hydroxylation sites is 1. The van der Waals surface area contributed by atoms with Crippen LogP contribution in [0, 0.1) is 5.82 Å². The number of hydrogen-bond acceptors (Lipinski definition) is 2. The van der Waals surface area contributed by atoms with E-state index in [2.05, 4.69) is 34.5 Å². The number of benzene rings is 2. The molecule has 1 N–H and O–H groups in total. The van der Waals surface area contributed by atoms with Gasteiger partial charge in [0.2, 0.25) is 0 Å². The predicted molar refractivity (Wildman–Crippen MR) is 79.0 cm³/mol. The van der Waals surface area contributed by atoms with Gasteiger partial charge in [0.25, 0.3) is 0 Å². The zero-order valence-corrected chi connectivity index (χ0v) is 11.2. The van der Waals surface area contributed by atoms with E-state index < -0.39 is 0 Å². The van der Waals surface area contributed by atoms with E-state index in [1.54, 1.807) is 12.1 Å². The SMILES string of the molecule is Fc1ccc(N2c3ccccc3[C@@H]3CNCC[C@H]32)cc1. The van der Waals surface area contributed by atoms with Crippen LogP contribution >= 0.6 is 0 Å². The number of hydrogen-bond donors (Lipinski definition) is 1. The molecule has 0 amide bonds. The van der Waals surface area contributed by atoms with Crippen LogP contribution in [0.15, 0.2) is 48.5 Å². The number of halogens is 1. The summed E-state index contributed by atoms with van der Waals surface area (Å²) in [5, 5.41) is 3.49. The van der Waals surface area contributed by atoms with Gasteiger partial charge in [-0.2, -0.15) is 0 Å². The minimum atomic E-state index is -0.178. The molecule has 2 heterocycles. The quantitative estimate of drug-likeness (QED) is 0.852. The molecule has 0 spiro atoms. The molecule has 1 fully saturated rings. The minimum Gasteiger partial charge on any atom is -0.337 e. The Morgan fingerprint density at radius 2 is 1.85 bits per heavy atom. The summed E-state index contributed by atoms with van der Waals surface area (Å²) in [6.45, 7) is 2.08. The molecular formula is C17H17FN2. The molecule has 0 saturated carbocycles. The Morgan fingerprint density at radius 1 is 1.05 bits per heavy atom. The molecule has 3 heteroatoms. The van der Waals surface area contributed by atoms with Gasteiger partial charge >= 0.3 is 0 Å². The van der Waals surface area contributed by atoms with E-state index in [0.717, 1.165) is 25.2 Å².